The summed E-state index contributed by atoms with van der Waals surface area (Å²) in [6, 6.07) is 1.62. The van der Waals surface area contributed by atoms with E-state index in [-0.39, 0.29) is 30.5 Å². The summed E-state index contributed by atoms with van der Waals surface area (Å²) in [5.41, 5.74) is 4.93. The van der Waals surface area contributed by atoms with Gasteiger partial charge in [0.05, 0.1) is 15.6 Å². The third-order valence-electron chi connectivity index (χ3n) is 4.54. The molecule has 6 nitrogen and oxygen atoms in total. The molecule has 0 radical (unpaired) electrons. The molecular weight excluding hydrogens is 486 g/mol. The third kappa shape index (κ3) is 3.52. The molecule has 0 amide bonds. The van der Waals surface area contributed by atoms with Gasteiger partial charge in [-0.05, 0) is 25.0 Å². The SMILES string of the molecule is CS(=O)(=O)C1(c2c(C#N)nn(-c3c(Cl)cc(S(F)(F)(F)(F)F)cc3Cl)c2N)CC1. The van der Waals surface area contributed by atoms with Gasteiger partial charge in [0, 0.05) is 6.26 Å². The fourth-order valence-electron chi connectivity index (χ4n) is 3.02. The van der Waals surface area contributed by atoms with Crippen LogP contribution >= 0.6 is 33.4 Å². The Hall–Kier alpha value is -1.75. The van der Waals surface area contributed by atoms with Gasteiger partial charge in [0.1, 0.15) is 27.2 Å². The van der Waals surface area contributed by atoms with Gasteiger partial charge in [-0.25, -0.2) is 13.1 Å². The van der Waals surface area contributed by atoms with E-state index in [4.69, 9.17) is 28.9 Å². The first-order chi connectivity index (χ1) is 12.8. The lowest BCUT2D eigenvalue weighted by molar-refractivity contribution is 0.364. The summed E-state index contributed by atoms with van der Waals surface area (Å²) in [5, 5.41) is 11.4. The topological polar surface area (TPSA) is 102 Å². The summed E-state index contributed by atoms with van der Waals surface area (Å²) < 4.78 is 88.9. The molecule has 160 valence electrons. The zero-order valence-electron chi connectivity index (χ0n) is 14.3. The molecule has 0 spiro atoms. The molecule has 1 saturated carbocycles. The zero-order chi connectivity index (χ0) is 22.3. The van der Waals surface area contributed by atoms with Crippen molar-refractivity contribution in [3.05, 3.63) is 33.4 Å². The van der Waals surface area contributed by atoms with Crippen molar-refractivity contribution >= 4 is 49.1 Å². The average molecular weight is 497 g/mol. The van der Waals surface area contributed by atoms with E-state index in [1.165, 1.54) is 0 Å². The van der Waals surface area contributed by atoms with E-state index in [2.05, 4.69) is 5.10 Å². The lowest BCUT2D eigenvalue weighted by atomic mass is 10.1. The van der Waals surface area contributed by atoms with Gasteiger partial charge in [-0.2, -0.15) is 10.4 Å². The Balaban J connectivity index is 2.29. The minimum atomic E-state index is -10.1. The van der Waals surface area contributed by atoms with Crippen LogP contribution in [0.4, 0.5) is 25.2 Å². The first-order valence-corrected chi connectivity index (χ1v) is 12.1. The van der Waals surface area contributed by atoms with E-state index in [1.807, 2.05) is 0 Å². The summed E-state index contributed by atoms with van der Waals surface area (Å²) in [7, 11) is -13.8. The summed E-state index contributed by atoms with van der Waals surface area (Å²) in [4.78, 5) is -2.31. The third-order valence-corrected chi connectivity index (χ3v) is 8.28. The number of nitrogens with zero attached hydrogens (tertiary/aromatic N) is 3. The van der Waals surface area contributed by atoms with Gasteiger partial charge >= 0.3 is 10.2 Å². The van der Waals surface area contributed by atoms with Crippen LogP contribution in [-0.2, 0) is 14.6 Å². The molecule has 1 aromatic carbocycles. The number of anilines is 1. The molecule has 0 bridgehead atoms. The molecule has 1 aliphatic rings. The molecule has 0 atom stereocenters. The summed E-state index contributed by atoms with van der Waals surface area (Å²) in [6.45, 7) is 0. The molecular formula is C14H11Cl2F5N4O2S2. The fourth-order valence-corrected chi connectivity index (χ4v) is 5.89. The molecule has 0 unspecified atom stereocenters. The highest BCUT2D eigenvalue weighted by atomic mass is 35.5. The van der Waals surface area contributed by atoms with E-state index in [9.17, 15) is 33.1 Å². The van der Waals surface area contributed by atoms with Crippen molar-refractivity contribution < 1.29 is 27.8 Å². The molecule has 3 rings (SSSR count). The predicted octanol–water partition coefficient (Wildman–Crippen LogP) is 5.32. The first-order valence-electron chi connectivity index (χ1n) is 7.54. The second-order valence-electron chi connectivity index (χ2n) is 6.60. The highest BCUT2D eigenvalue weighted by molar-refractivity contribution is 8.45. The molecule has 2 aromatic rings. The average Bonchev–Trinajstić information content (AvgIpc) is 3.25. The van der Waals surface area contributed by atoms with Crippen LogP contribution in [0.25, 0.3) is 5.69 Å². The van der Waals surface area contributed by atoms with Gasteiger partial charge in [-0.1, -0.05) is 42.6 Å². The van der Waals surface area contributed by atoms with Crippen molar-refractivity contribution in [3.63, 3.8) is 0 Å². The van der Waals surface area contributed by atoms with Crippen LogP contribution in [0.15, 0.2) is 17.0 Å². The van der Waals surface area contributed by atoms with Gasteiger partial charge in [0.2, 0.25) is 0 Å². The second-order valence-corrected chi connectivity index (χ2v) is 12.2. The quantitative estimate of drug-likeness (QED) is 0.576. The highest BCUT2D eigenvalue weighted by Crippen LogP contribution is 3.02. The predicted molar refractivity (Wildman–Crippen MR) is 99.9 cm³/mol. The van der Waals surface area contributed by atoms with Crippen LogP contribution in [0.2, 0.25) is 10.0 Å². The summed E-state index contributed by atoms with van der Waals surface area (Å²) >= 11 is 11.6. The molecule has 1 aromatic heterocycles. The monoisotopic (exact) mass is 496 g/mol. The lowest BCUT2D eigenvalue weighted by Gasteiger charge is -2.40. The maximum atomic E-state index is 13.1. The second kappa shape index (κ2) is 5.48. The van der Waals surface area contributed by atoms with Gasteiger partial charge in [-0.3, -0.25) is 0 Å². The Morgan fingerprint density at radius 3 is 2.03 bits per heavy atom. The van der Waals surface area contributed by atoms with Gasteiger partial charge < -0.3 is 5.73 Å². The van der Waals surface area contributed by atoms with Crippen LogP contribution in [0, 0.1) is 11.3 Å². The van der Waals surface area contributed by atoms with Crippen molar-refractivity contribution in [1.82, 2.24) is 9.78 Å². The smallest absolute Gasteiger partial charge is 0.310 e. The van der Waals surface area contributed by atoms with Crippen LogP contribution in [0.5, 0.6) is 0 Å². The molecule has 0 aliphatic heterocycles. The number of nitrogen functional groups attached to an aromatic ring is 1. The number of halogens is 7. The van der Waals surface area contributed by atoms with E-state index in [1.54, 1.807) is 6.07 Å². The molecule has 1 aliphatic carbocycles. The molecule has 29 heavy (non-hydrogen) atoms. The zero-order valence-corrected chi connectivity index (χ0v) is 17.4. The normalized spacial score (nSPS) is 18.6. The number of rotatable bonds is 4. The van der Waals surface area contributed by atoms with Crippen molar-refractivity contribution in [2.75, 3.05) is 12.0 Å². The molecule has 1 heterocycles. The minimum Gasteiger partial charge on any atom is -0.383 e. The molecule has 1 fully saturated rings. The Bertz CT molecular complexity index is 1190. The van der Waals surface area contributed by atoms with E-state index >= 15 is 0 Å². The maximum Gasteiger partial charge on any atom is 0.310 e. The van der Waals surface area contributed by atoms with Gasteiger partial charge in [-0.15, -0.1) is 0 Å². The number of hydrogen-bond donors (Lipinski definition) is 1. The Morgan fingerprint density at radius 1 is 1.21 bits per heavy atom. The largest absolute Gasteiger partial charge is 0.383 e. The number of benzene rings is 1. The van der Waals surface area contributed by atoms with E-state index in [0.717, 1.165) is 6.26 Å². The van der Waals surface area contributed by atoms with E-state index < -0.39 is 56.9 Å². The van der Waals surface area contributed by atoms with Crippen molar-refractivity contribution in [2.45, 2.75) is 22.5 Å². The number of nitriles is 1. The van der Waals surface area contributed by atoms with Crippen molar-refractivity contribution in [3.8, 4) is 11.8 Å². The van der Waals surface area contributed by atoms with Crippen LogP contribution in [-0.4, -0.2) is 24.5 Å². The fraction of sp³-hybridized carbons (Fsp3) is 0.286. The molecule has 15 heteroatoms. The number of nitrogens with two attached hydrogens (primary N) is 1. The number of hydrogen-bond acceptors (Lipinski definition) is 5. The number of sulfone groups is 1. The Labute approximate surface area is 171 Å². The first kappa shape index (κ1) is 21.9. The summed E-state index contributed by atoms with van der Waals surface area (Å²) in [5.74, 6) is -0.395. The van der Waals surface area contributed by atoms with Crippen molar-refractivity contribution in [1.29, 1.82) is 5.26 Å². The Kier molecular flexibility index (Phi) is 4.15. The van der Waals surface area contributed by atoms with Crippen LogP contribution < -0.4 is 5.73 Å². The van der Waals surface area contributed by atoms with Gasteiger partial charge in [0.25, 0.3) is 0 Å². The van der Waals surface area contributed by atoms with Crippen LogP contribution in [0.1, 0.15) is 24.1 Å². The minimum absolute atomic E-state index is 0.0272. The standard InChI is InChI=1S/C14H11Cl2F5N4O2S2/c1-28(26,27)14(2-3-14)11-10(6-22)24-25(13(11)23)12-8(15)4-7(5-9(12)16)29(17,18,19,20)21/h4-5H,2-3,23H2,1H3. The Morgan fingerprint density at radius 2 is 1.69 bits per heavy atom. The lowest BCUT2D eigenvalue weighted by Crippen LogP contribution is -2.21. The summed E-state index contributed by atoms with van der Waals surface area (Å²) in [6.07, 6.45) is 1.25. The highest BCUT2D eigenvalue weighted by Gasteiger charge is 2.65. The van der Waals surface area contributed by atoms with Crippen LogP contribution in [0.3, 0.4) is 0 Å². The molecule has 0 saturated heterocycles. The van der Waals surface area contributed by atoms with E-state index in [0.29, 0.717) is 4.68 Å². The maximum absolute atomic E-state index is 13.1. The molecule has 2 N–H and O–H groups in total. The number of aromatic nitrogens is 2. The van der Waals surface area contributed by atoms with Crippen molar-refractivity contribution in [2.24, 2.45) is 0 Å². The van der Waals surface area contributed by atoms with Gasteiger partial charge in [0.15, 0.2) is 15.5 Å².